The summed E-state index contributed by atoms with van der Waals surface area (Å²) in [6.07, 6.45) is 0.892. The first-order chi connectivity index (χ1) is 9.19. The van der Waals surface area contributed by atoms with Crippen LogP contribution in [0.15, 0.2) is 34.3 Å². The second-order valence-electron chi connectivity index (χ2n) is 3.89. The van der Waals surface area contributed by atoms with Crippen molar-refractivity contribution in [2.45, 2.75) is 30.3 Å². The van der Waals surface area contributed by atoms with Crippen LogP contribution in [0.1, 0.15) is 18.9 Å². The van der Waals surface area contributed by atoms with E-state index in [-0.39, 0.29) is 11.3 Å². The van der Waals surface area contributed by atoms with Gasteiger partial charge in [-0.05, 0) is 48.3 Å². The van der Waals surface area contributed by atoms with Crippen molar-refractivity contribution >= 4 is 23.4 Å². The second-order valence-corrected chi connectivity index (χ2v) is 5.23. The Balaban J connectivity index is 2.20. The minimum absolute atomic E-state index is 0.150. The predicted molar refractivity (Wildman–Crippen MR) is 75.9 cm³/mol. The van der Waals surface area contributed by atoms with E-state index in [1.807, 2.05) is 38.1 Å². The van der Waals surface area contributed by atoms with E-state index in [4.69, 9.17) is 16.3 Å². The quantitative estimate of drug-likeness (QED) is 0.840. The van der Waals surface area contributed by atoms with Gasteiger partial charge in [0, 0.05) is 4.90 Å². The molecule has 0 fully saturated rings. The molecule has 0 unspecified atom stereocenters. The third kappa shape index (κ3) is 4.08. The molecular weight excluding hydrogens is 282 g/mol. The van der Waals surface area contributed by atoms with Crippen LogP contribution in [-0.2, 0) is 0 Å². The third-order valence-electron chi connectivity index (χ3n) is 2.30. The van der Waals surface area contributed by atoms with Crippen molar-refractivity contribution in [3.8, 4) is 6.01 Å². The summed E-state index contributed by atoms with van der Waals surface area (Å²) in [6, 6.07) is 8.31. The SMILES string of the molecule is CCCOc1nc(Cl)nc(Sc2ccccc2C)n1. The van der Waals surface area contributed by atoms with Crippen molar-refractivity contribution < 1.29 is 4.74 Å². The number of nitrogens with zero attached hydrogens (tertiary/aromatic N) is 3. The molecule has 0 aliphatic rings. The smallest absolute Gasteiger partial charge is 0.321 e. The summed E-state index contributed by atoms with van der Waals surface area (Å²) >= 11 is 7.33. The molecule has 1 aromatic carbocycles. The topological polar surface area (TPSA) is 47.9 Å². The first kappa shape index (κ1) is 14.1. The molecule has 0 saturated carbocycles. The first-order valence-corrected chi connectivity index (χ1v) is 7.16. The van der Waals surface area contributed by atoms with Gasteiger partial charge < -0.3 is 4.74 Å². The van der Waals surface area contributed by atoms with Crippen molar-refractivity contribution in [2.75, 3.05) is 6.61 Å². The number of ether oxygens (including phenoxy) is 1. The van der Waals surface area contributed by atoms with E-state index in [1.54, 1.807) is 0 Å². The van der Waals surface area contributed by atoms with Gasteiger partial charge in [-0.25, -0.2) is 0 Å². The van der Waals surface area contributed by atoms with E-state index in [9.17, 15) is 0 Å². The van der Waals surface area contributed by atoms with Gasteiger partial charge in [-0.1, -0.05) is 25.1 Å². The highest BCUT2D eigenvalue weighted by atomic mass is 35.5. The van der Waals surface area contributed by atoms with E-state index >= 15 is 0 Å². The Labute approximate surface area is 121 Å². The number of hydrogen-bond acceptors (Lipinski definition) is 5. The van der Waals surface area contributed by atoms with Gasteiger partial charge in [0.2, 0.25) is 5.28 Å². The van der Waals surface area contributed by atoms with Crippen LogP contribution in [0.5, 0.6) is 6.01 Å². The Bertz CT molecular complexity index is 565. The van der Waals surface area contributed by atoms with Gasteiger partial charge in [-0.3, -0.25) is 0 Å². The van der Waals surface area contributed by atoms with Gasteiger partial charge in [0.1, 0.15) is 0 Å². The van der Waals surface area contributed by atoms with E-state index < -0.39 is 0 Å². The van der Waals surface area contributed by atoms with Crippen LogP contribution in [0.4, 0.5) is 0 Å². The largest absolute Gasteiger partial charge is 0.463 e. The number of halogens is 1. The Kier molecular flexibility index (Phi) is 4.99. The van der Waals surface area contributed by atoms with E-state index in [1.165, 1.54) is 17.3 Å². The van der Waals surface area contributed by atoms with Crippen molar-refractivity contribution in [2.24, 2.45) is 0 Å². The summed E-state index contributed by atoms with van der Waals surface area (Å²) in [5.41, 5.74) is 1.17. The summed E-state index contributed by atoms with van der Waals surface area (Å²) in [5.74, 6) is 0. The molecule has 0 bridgehead atoms. The third-order valence-corrected chi connectivity index (χ3v) is 3.51. The molecule has 0 N–H and O–H groups in total. The number of aryl methyl sites for hydroxylation is 1. The molecule has 0 aliphatic carbocycles. The van der Waals surface area contributed by atoms with Crippen LogP contribution in [0.3, 0.4) is 0 Å². The van der Waals surface area contributed by atoms with E-state index in [2.05, 4.69) is 15.0 Å². The Morgan fingerprint density at radius 2 is 2.00 bits per heavy atom. The molecule has 0 atom stereocenters. The number of benzene rings is 1. The second kappa shape index (κ2) is 6.73. The zero-order chi connectivity index (χ0) is 13.7. The normalized spacial score (nSPS) is 10.5. The van der Waals surface area contributed by atoms with Gasteiger partial charge in [-0.15, -0.1) is 0 Å². The Morgan fingerprint density at radius 3 is 2.74 bits per heavy atom. The zero-order valence-corrected chi connectivity index (χ0v) is 12.3. The molecule has 2 rings (SSSR count). The fourth-order valence-corrected chi connectivity index (χ4v) is 2.42. The molecule has 0 amide bonds. The Morgan fingerprint density at radius 1 is 1.21 bits per heavy atom. The van der Waals surface area contributed by atoms with Crippen molar-refractivity contribution in [3.05, 3.63) is 35.1 Å². The van der Waals surface area contributed by atoms with Crippen molar-refractivity contribution in [1.82, 2.24) is 15.0 Å². The van der Waals surface area contributed by atoms with Crippen LogP contribution >= 0.6 is 23.4 Å². The zero-order valence-electron chi connectivity index (χ0n) is 10.8. The molecule has 0 radical (unpaired) electrons. The van der Waals surface area contributed by atoms with Crippen LogP contribution in [-0.4, -0.2) is 21.6 Å². The van der Waals surface area contributed by atoms with Crippen LogP contribution in [0.25, 0.3) is 0 Å². The molecule has 6 heteroatoms. The molecule has 1 heterocycles. The maximum absolute atomic E-state index is 5.88. The summed E-state index contributed by atoms with van der Waals surface area (Å²) in [4.78, 5) is 13.4. The molecule has 100 valence electrons. The van der Waals surface area contributed by atoms with Crippen LogP contribution < -0.4 is 4.74 Å². The minimum Gasteiger partial charge on any atom is -0.463 e. The lowest BCUT2D eigenvalue weighted by molar-refractivity contribution is 0.288. The van der Waals surface area contributed by atoms with Crippen LogP contribution in [0.2, 0.25) is 5.28 Å². The first-order valence-electron chi connectivity index (χ1n) is 5.97. The highest BCUT2D eigenvalue weighted by Gasteiger charge is 2.08. The standard InChI is InChI=1S/C13H14ClN3OS/c1-3-8-18-12-15-11(14)16-13(17-12)19-10-7-5-4-6-9(10)2/h4-7H,3,8H2,1-2H3. The van der Waals surface area contributed by atoms with E-state index in [0.29, 0.717) is 11.8 Å². The lowest BCUT2D eigenvalue weighted by atomic mass is 10.2. The summed E-state index contributed by atoms with van der Waals surface area (Å²) in [6.45, 7) is 4.63. The van der Waals surface area contributed by atoms with E-state index in [0.717, 1.165) is 11.3 Å². The van der Waals surface area contributed by atoms with Crippen molar-refractivity contribution in [3.63, 3.8) is 0 Å². The molecular formula is C13H14ClN3OS. The molecule has 4 nitrogen and oxygen atoms in total. The molecule has 19 heavy (non-hydrogen) atoms. The van der Waals surface area contributed by atoms with Gasteiger partial charge in [0.15, 0.2) is 5.16 Å². The van der Waals surface area contributed by atoms with Gasteiger partial charge in [0.05, 0.1) is 6.61 Å². The van der Waals surface area contributed by atoms with Gasteiger partial charge in [-0.2, -0.15) is 15.0 Å². The van der Waals surface area contributed by atoms with Gasteiger partial charge >= 0.3 is 6.01 Å². The highest BCUT2D eigenvalue weighted by molar-refractivity contribution is 7.99. The molecule has 0 saturated heterocycles. The minimum atomic E-state index is 0.150. The summed E-state index contributed by atoms with van der Waals surface area (Å²) < 4.78 is 5.38. The summed E-state index contributed by atoms with van der Waals surface area (Å²) in [5, 5.41) is 0.692. The molecule has 0 spiro atoms. The van der Waals surface area contributed by atoms with Crippen molar-refractivity contribution in [1.29, 1.82) is 0 Å². The number of hydrogen-bond donors (Lipinski definition) is 0. The molecule has 2 aromatic rings. The Hall–Kier alpha value is -1.33. The molecule has 1 aromatic heterocycles. The maximum Gasteiger partial charge on any atom is 0.321 e. The predicted octanol–water partition coefficient (Wildman–Crippen LogP) is 3.77. The molecule has 0 aliphatic heterocycles. The van der Waals surface area contributed by atoms with Gasteiger partial charge in [0.25, 0.3) is 0 Å². The fraction of sp³-hybridized carbons (Fsp3) is 0.308. The number of rotatable bonds is 5. The maximum atomic E-state index is 5.88. The van der Waals surface area contributed by atoms with Crippen LogP contribution in [0, 0.1) is 6.92 Å². The lowest BCUT2D eigenvalue weighted by Crippen LogP contribution is -2.02. The average Bonchev–Trinajstić information content (AvgIpc) is 2.38. The monoisotopic (exact) mass is 295 g/mol. The number of aromatic nitrogens is 3. The lowest BCUT2D eigenvalue weighted by Gasteiger charge is -2.06. The average molecular weight is 296 g/mol. The summed E-state index contributed by atoms with van der Waals surface area (Å²) in [7, 11) is 0. The highest BCUT2D eigenvalue weighted by Crippen LogP contribution is 2.28. The fourth-order valence-electron chi connectivity index (χ4n) is 1.39.